The van der Waals surface area contributed by atoms with Crippen LogP contribution >= 0.6 is 15.9 Å². The van der Waals surface area contributed by atoms with Gasteiger partial charge in [0.2, 0.25) is 0 Å². The van der Waals surface area contributed by atoms with Crippen molar-refractivity contribution < 1.29 is 23.2 Å². The second-order valence-electron chi connectivity index (χ2n) is 5.41. The maximum absolute atomic E-state index is 3.54. The molecule has 1 heterocycles. The number of benzene rings is 1. The van der Waals surface area contributed by atoms with E-state index in [1.165, 1.54) is 48.6 Å². The Morgan fingerprint density at radius 3 is 2.25 bits per heavy atom. The minimum absolute atomic E-state index is 0.518. The van der Waals surface area contributed by atoms with Crippen LogP contribution in [-0.4, -0.2) is 0 Å². The van der Waals surface area contributed by atoms with Gasteiger partial charge in [-0.1, -0.05) is 0 Å². The minimum atomic E-state index is -0.518. The van der Waals surface area contributed by atoms with Gasteiger partial charge in [0.05, 0.1) is 0 Å². The van der Waals surface area contributed by atoms with Crippen molar-refractivity contribution in [2.75, 3.05) is 0 Å². The SMILES string of the molecule is CCCC[C]1=CC(CCCC)=[C](c2ccc(Br)cc2)[Zr]1. The van der Waals surface area contributed by atoms with E-state index in [1.54, 1.807) is 12.1 Å². The first-order valence-electron chi connectivity index (χ1n) is 7.71. The number of halogens is 1. The molecule has 0 unspecified atom stereocenters. The molecule has 1 aromatic rings. The molecule has 106 valence electrons. The fourth-order valence-electron chi connectivity index (χ4n) is 2.50. The van der Waals surface area contributed by atoms with Crippen LogP contribution in [0.4, 0.5) is 0 Å². The summed E-state index contributed by atoms with van der Waals surface area (Å²) in [6.45, 7) is 4.58. The van der Waals surface area contributed by atoms with Gasteiger partial charge < -0.3 is 0 Å². The second kappa shape index (κ2) is 8.49. The molecule has 0 fully saturated rings. The van der Waals surface area contributed by atoms with E-state index in [0.717, 1.165) is 0 Å². The number of hydrogen-bond acceptors (Lipinski definition) is 0. The summed E-state index contributed by atoms with van der Waals surface area (Å²) < 4.78 is 4.72. The van der Waals surface area contributed by atoms with Crippen LogP contribution in [0.25, 0.3) is 3.28 Å². The third-order valence-corrected chi connectivity index (χ3v) is 8.09. The first-order valence-corrected chi connectivity index (χ1v) is 11.0. The molecule has 0 saturated carbocycles. The molecule has 20 heavy (non-hydrogen) atoms. The van der Waals surface area contributed by atoms with E-state index >= 15 is 0 Å². The van der Waals surface area contributed by atoms with Gasteiger partial charge in [0.25, 0.3) is 0 Å². The number of rotatable bonds is 7. The molecule has 0 spiro atoms. The number of hydrogen-bond donors (Lipinski definition) is 0. The summed E-state index contributed by atoms with van der Waals surface area (Å²) in [6, 6.07) is 8.96. The molecular formula is C18H23BrZr. The molecule has 1 aliphatic rings. The summed E-state index contributed by atoms with van der Waals surface area (Å²) in [5, 5.41) is 0. The molecular weight excluding hydrogens is 387 g/mol. The summed E-state index contributed by atoms with van der Waals surface area (Å²) >= 11 is 3.02. The van der Waals surface area contributed by atoms with Gasteiger partial charge >= 0.3 is 144 Å². The zero-order chi connectivity index (χ0) is 14.4. The van der Waals surface area contributed by atoms with Crippen LogP contribution in [0.1, 0.15) is 57.9 Å². The molecule has 0 radical (unpaired) electrons. The van der Waals surface area contributed by atoms with Crippen molar-refractivity contribution in [1.82, 2.24) is 0 Å². The van der Waals surface area contributed by atoms with Crippen molar-refractivity contribution in [1.29, 1.82) is 0 Å². The number of allylic oxidation sites excluding steroid dienone is 3. The molecule has 0 bridgehead atoms. The van der Waals surface area contributed by atoms with Crippen LogP contribution < -0.4 is 0 Å². The first kappa shape index (κ1) is 16.4. The Hall–Kier alpha value is 0.0631. The van der Waals surface area contributed by atoms with Crippen LogP contribution in [0.5, 0.6) is 0 Å². The van der Waals surface area contributed by atoms with Crippen LogP contribution in [-0.2, 0) is 23.2 Å². The van der Waals surface area contributed by atoms with Gasteiger partial charge in [-0.3, -0.25) is 0 Å². The van der Waals surface area contributed by atoms with Crippen molar-refractivity contribution >= 4 is 19.2 Å². The van der Waals surface area contributed by atoms with Crippen LogP contribution in [0.2, 0.25) is 0 Å². The quantitative estimate of drug-likeness (QED) is 0.480. The fraction of sp³-hybridized carbons (Fsp3) is 0.444. The summed E-state index contributed by atoms with van der Waals surface area (Å²) in [7, 11) is 0. The predicted octanol–water partition coefficient (Wildman–Crippen LogP) is 6.52. The Morgan fingerprint density at radius 1 is 0.950 bits per heavy atom. The van der Waals surface area contributed by atoms with Gasteiger partial charge in [0.15, 0.2) is 0 Å². The Morgan fingerprint density at radius 2 is 1.60 bits per heavy atom. The summed E-state index contributed by atoms with van der Waals surface area (Å²) in [6.07, 6.45) is 10.5. The molecule has 0 saturated heterocycles. The third-order valence-electron chi connectivity index (χ3n) is 3.69. The van der Waals surface area contributed by atoms with E-state index < -0.39 is 23.2 Å². The van der Waals surface area contributed by atoms with Gasteiger partial charge in [0.1, 0.15) is 0 Å². The van der Waals surface area contributed by atoms with Crippen molar-refractivity contribution in [2.45, 2.75) is 52.4 Å². The van der Waals surface area contributed by atoms with Gasteiger partial charge in [-0.25, -0.2) is 0 Å². The van der Waals surface area contributed by atoms with Crippen LogP contribution in [0, 0.1) is 0 Å². The summed E-state index contributed by atoms with van der Waals surface area (Å²) in [5.41, 5.74) is 3.14. The van der Waals surface area contributed by atoms with Crippen molar-refractivity contribution in [3.63, 3.8) is 0 Å². The molecule has 1 aromatic carbocycles. The fourth-order valence-corrected chi connectivity index (χ4v) is 6.54. The van der Waals surface area contributed by atoms with Gasteiger partial charge in [0, 0.05) is 0 Å². The normalized spacial score (nSPS) is 14.4. The summed E-state index contributed by atoms with van der Waals surface area (Å²) in [5.74, 6) is 0. The Kier molecular flexibility index (Phi) is 6.98. The Bertz CT molecular complexity index is 497. The van der Waals surface area contributed by atoms with E-state index in [2.05, 4.69) is 60.1 Å². The van der Waals surface area contributed by atoms with Crippen molar-refractivity contribution in [3.8, 4) is 0 Å². The number of unbranched alkanes of at least 4 members (excludes halogenated alkanes) is 2. The van der Waals surface area contributed by atoms with E-state index in [9.17, 15) is 0 Å². The van der Waals surface area contributed by atoms with Gasteiger partial charge in [-0.05, 0) is 0 Å². The Balaban J connectivity index is 2.17. The topological polar surface area (TPSA) is 0 Å². The molecule has 0 aromatic heterocycles. The first-order chi connectivity index (χ1) is 9.74. The molecule has 0 nitrogen and oxygen atoms in total. The van der Waals surface area contributed by atoms with Crippen molar-refractivity contribution in [2.24, 2.45) is 0 Å². The van der Waals surface area contributed by atoms with Crippen LogP contribution in [0.3, 0.4) is 0 Å². The van der Waals surface area contributed by atoms with E-state index in [1.807, 2.05) is 0 Å². The van der Waals surface area contributed by atoms with Gasteiger partial charge in [-0.15, -0.1) is 0 Å². The molecule has 0 atom stereocenters. The van der Waals surface area contributed by atoms with Crippen LogP contribution in [0.15, 0.2) is 43.7 Å². The van der Waals surface area contributed by atoms with E-state index in [4.69, 9.17) is 0 Å². The molecule has 0 N–H and O–H groups in total. The zero-order valence-electron chi connectivity index (χ0n) is 12.5. The summed E-state index contributed by atoms with van der Waals surface area (Å²) in [4.78, 5) is 0. The molecule has 2 rings (SSSR count). The monoisotopic (exact) mass is 408 g/mol. The van der Waals surface area contributed by atoms with Gasteiger partial charge in [-0.2, -0.15) is 0 Å². The molecule has 2 heteroatoms. The average molecular weight is 411 g/mol. The van der Waals surface area contributed by atoms with Crippen molar-refractivity contribution in [3.05, 3.63) is 49.2 Å². The standard InChI is InChI=1S/C18H23Br.Zr/c1-3-5-7-8-10-16(9-6-4-2)15-17-11-13-18(19)14-12-17;/h10-14H,3-7,9H2,1-2H3;. The predicted molar refractivity (Wildman–Crippen MR) is 88.2 cm³/mol. The maximum atomic E-state index is 3.54. The Labute approximate surface area is 143 Å². The zero-order valence-corrected chi connectivity index (χ0v) is 16.6. The van der Waals surface area contributed by atoms with E-state index in [-0.39, 0.29) is 0 Å². The molecule has 0 amide bonds. The second-order valence-corrected chi connectivity index (χ2v) is 9.75. The third kappa shape index (κ3) is 4.53. The van der Waals surface area contributed by atoms with E-state index in [0.29, 0.717) is 0 Å². The molecule has 0 aliphatic carbocycles. The molecule has 1 aliphatic heterocycles. The average Bonchev–Trinajstić information content (AvgIpc) is 2.87.